The first-order valence-corrected chi connectivity index (χ1v) is 6.12. The van der Waals surface area contributed by atoms with E-state index in [-0.39, 0.29) is 5.82 Å². The van der Waals surface area contributed by atoms with Crippen molar-refractivity contribution in [3.63, 3.8) is 0 Å². The van der Waals surface area contributed by atoms with E-state index >= 15 is 0 Å². The maximum atomic E-state index is 13.1. The van der Waals surface area contributed by atoms with Crippen LogP contribution in [0.1, 0.15) is 5.56 Å². The van der Waals surface area contributed by atoms with Crippen LogP contribution in [0.3, 0.4) is 0 Å². The number of aromatic nitrogens is 2. The van der Waals surface area contributed by atoms with E-state index in [2.05, 4.69) is 36.5 Å². The largest absolute Gasteiger partial charge is 0.373 e. The zero-order valence-electron chi connectivity index (χ0n) is 9.96. The van der Waals surface area contributed by atoms with Crippen LogP contribution in [0.15, 0.2) is 29.0 Å². The molecule has 1 heterocycles. The summed E-state index contributed by atoms with van der Waals surface area (Å²) in [5, 5.41) is 6.11. The Kier molecular flexibility index (Phi) is 3.76. The zero-order chi connectivity index (χ0) is 13.1. The minimum absolute atomic E-state index is 0.295. The molecule has 6 heteroatoms. The molecule has 4 nitrogen and oxygen atoms in total. The van der Waals surface area contributed by atoms with Gasteiger partial charge >= 0.3 is 0 Å². The standard InChI is InChI=1S/C12H12BrFN4/c1-7-11(15-2)16-6-17-12(7)18-8-3-4-10(14)9(13)5-8/h3-6H,1-2H3,(H2,15,16,17,18). The number of nitrogens with one attached hydrogen (secondary N) is 2. The molecule has 0 aliphatic carbocycles. The molecule has 0 amide bonds. The predicted octanol–water partition coefficient (Wildman–Crippen LogP) is 3.47. The number of rotatable bonds is 3. The lowest BCUT2D eigenvalue weighted by molar-refractivity contribution is 0.621. The second-order valence-corrected chi connectivity index (χ2v) is 4.55. The third-order valence-electron chi connectivity index (χ3n) is 2.50. The number of nitrogens with zero attached hydrogens (tertiary/aromatic N) is 2. The highest BCUT2D eigenvalue weighted by Gasteiger charge is 2.07. The van der Waals surface area contributed by atoms with E-state index in [4.69, 9.17) is 0 Å². The Hall–Kier alpha value is -1.69. The lowest BCUT2D eigenvalue weighted by Crippen LogP contribution is -2.02. The van der Waals surface area contributed by atoms with Gasteiger partial charge in [-0.3, -0.25) is 0 Å². The number of anilines is 3. The Balaban J connectivity index is 2.31. The number of benzene rings is 1. The highest BCUT2D eigenvalue weighted by molar-refractivity contribution is 9.10. The number of hydrogen-bond donors (Lipinski definition) is 2. The van der Waals surface area contributed by atoms with Crippen molar-refractivity contribution in [3.8, 4) is 0 Å². The summed E-state index contributed by atoms with van der Waals surface area (Å²) < 4.78 is 13.5. The Morgan fingerprint density at radius 3 is 2.61 bits per heavy atom. The van der Waals surface area contributed by atoms with Gasteiger partial charge in [-0.25, -0.2) is 14.4 Å². The first kappa shape index (κ1) is 12.8. The van der Waals surface area contributed by atoms with Crippen molar-refractivity contribution in [3.05, 3.63) is 40.4 Å². The van der Waals surface area contributed by atoms with Crippen molar-refractivity contribution in [2.24, 2.45) is 0 Å². The van der Waals surface area contributed by atoms with Crippen LogP contribution in [0.2, 0.25) is 0 Å². The van der Waals surface area contributed by atoms with E-state index in [9.17, 15) is 4.39 Å². The van der Waals surface area contributed by atoms with Crippen molar-refractivity contribution >= 4 is 33.3 Å². The van der Waals surface area contributed by atoms with E-state index in [1.165, 1.54) is 12.4 Å². The van der Waals surface area contributed by atoms with Crippen LogP contribution in [0.25, 0.3) is 0 Å². The molecule has 1 aromatic heterocycles. The molecule has 0 radical (unpaired) electrons. The molecule has 0 saturated heterocycles. The molecule has 1 aromatic carbocycles. The molecule has 0 fully saturated rings. The Bertz CT molecular complexity index is 574. The van der Waals surface area contributed by atoms with Crippen LogP contribution in [-0.4, -0.2) is 17.0 Å². The minimum atomic E-state index is -0.295. The zero-order valence-corrected chi connectivity index (χ0v) is 11.5. The van der Waals surface area contributed by atoms with Crippen LogP contribution < -0.4 is 10.6 Å². The third kappa shape index (κ3) is 2.59. The van der Waals surface area contributed by atoms with Gasteiger partial charge in [-0.1, -0.05) is 0 Å². The molecule has 2 rings (SSSR count). The van der Waals surface area contributed by atoms with Gasteiger partial charge in [0, 0.05) is 18.3 Å². The van der Waals surface area contributed by atoms with Gasteiger partial charge in [-0.05, 0) is 41.1 Å². The van der Waals surface area contributed by atoms with Gasteiger partial charge in [0.05, 0.1) is 4.47 Å². The van der Waals surface area contributed by atoms with Crippen LogP contribution in [0.5, 0.6) is 0 Å². The van der Waals surface area contributed by atoms with E-state index in [0.29, 0.717) is 10.3 Å². The molecule has 0 bridgehead atoms. The SMILES string of the molecule is CNc1ncnc(Nc2ccc(F)c(Br)c2)c1C. The fraction of sp³-hybridized carbons (Fsp3) is 0.167. The highest BCUT2D eigenvalue weighted by atomic mass is 79.9. The molecular formula is C12H12BrFN4. The monoisotopic (exact) mass is 310 g/mol. The summed E-state index contributed by atoms with van der Waals surface area (Å²) in [5.74, 6) is 1.15. The van der Waals surface area contributed by atoms with Gasteiger partial charge in [-0.2, -0.15) is 0 Å². The van der Waals surface area contributed by atoms with E-state index in [1.54, 1.807) is 19.2 Å². The molecule has 0 aliphatic rings. The van der Waals surface area contributed by atoms with Gasteiger partial charge in [0.1, 0.15) is 23.8 Å². The molecule has 0 aliphatic heterocycles. The fourth-order valence-corrected chi connectivity index (χ4v) is 1.92. The maximum Gasteiger partial charge on any atom is 0.138 e. The summed E-state index contributed by atoms with van der Waals surface area (Å²) in [5.41, 5.74) is 1.66. The van der Waals surface area contributed by atoms with Crippen LogP contribution >= 0.6 is 15.9 Å². The van der Waals surface area contributed by atoms with Crippen LogP contribution in [-0.2, 0) is 0 Å². The summed E-state index contributed by atoms with van der Waals surface area (Å²) in [6.07, 6.45) is 1.47. The second kappa shape index (κ2) is 5.30. The van der Waals surface area contributed by atoms with Crippen molar-refractivity contribution < 1.29 is 4.39 Å². The van der Waals surface area contributed by atoms with Crippen LogP contribution in [0.4, 0.5) is 21.7 Å². The third-order valence-corrected chi connectivity index (χ3v) is 3.11. The quantitative estimate of drug-likeness (QED) is 0.911. The Morgan fingerprint density at radius 1 is 1.22 bits per heavy atom. The fourth-order valence-electron chi connectivity index (χ4n) is 1.54. The molecule has 0 spiro atoms. The lowest BCUT2D eigenvalue weighted by Gasteiger charge is -2.11. The highest BCUT2D eigenvalue weighted by Crippen LogP contribution is 2.25. The molecule has 0 saturated carbocycles. The van der Waals surface area contributed by atoms with E-state index < -0.39 is 0 Å². The van der Waals surface area contributed by atoms with Gasteiger partial charge in [-0.15, -0.1) is 0 Å². The summed E-state index contributed by atoms with van der Waals surface area (Å²) in [6, 6.07) is 4.71. The maximum absolute atomic E-state index is 13.1. The summed E-state index contributed by atoms with van der Waals surface area (Å²) in [7, 11) is 1.80. The van der Waals surface area contributed by atoms with Gasteiger partial charge in [0.25, 0.3) is 0 Å². The van der Waals surface area contributed by atoms with E-state index in [0.717, 1.165) is 17.1 Å². The summed E-state index contributed by atoms with van der Waals surface area (Å²) in [6.45, 7) is 1.91. The van der Waals surface area contributed by atoms with E-state index in [1.807, 2.05) is 6.92 Å². The molecule has 0 unspecified atom stereocenters. The minimum Gasteiger partial charge on any atom is -0.373 e. The van der Waals surface area contributed by atoms with Crippen molar-refractivity contribution in [1.82, 2.24) is 9.97 Å². The average Bonchev–Trinajstić information content (AvgIpc) is 2.36. The number of halogens is 2. The molecule has 18 heavy (non-hydrogen) atoms. The molecule has 94 valence electrons. The van der Waals surface area contributed by atoms with Gasteiger partial charge < -0.3 is 10.6 Å². The number of hydrogen-bond acceptors (Lipinski definition) is 4. The topological polar surface area (TPSA) is 49.8 Å². The van der Waals surface area contributed by atoms with Crippen molar-refractivity contribution in [1.29, 1.82) is 0 Å². The normalized spacial score (nSPS) is 10.2. The molecule has 2 aromatic rings. The summed E-state index contributed by atoms with van der Waals surface area (Å²) in [4.78, 5) is 8.26. The first-order chi connectivity index (χ1) is 8.61. The van der Waals surface area contributed by atoms with Gasteiger partial charge in [0.2, 0.25) is 0 Å². The Morgan fingerprint density at radius 2 is 1.94 bits per heavy atom. The van der Waals surface area contributed by atoms with Crippen LogP contribution in [0, 0.1) is 12.7 Å². The van der Waals surface area contributed by atoms with Crippen molar-refractivity contribution in [2.75, 3.05) is 17.7 Å². The smallest absolute Gasteiger partial charge is 0.138 e. The van der Waals surface area contributed by atoms with Gasteiger partial charge in [0.15, 0.2) is 0 Å². The average molecular weight is 311 g/mol. The molecule has 0 atom stereocenters. The summed E-state index contributed by atoms with van der Waals surface area (Å²) >= 11 is 3.15. The first-order valence-electron chi connectivity index (χ1n) is 5.33. The second-order valence-electron chi connectivity index (χ2n) is 3.70. The Labute approximate surface area is 113 Å². The molecule has 2 N–H and O–H groups in total. The lowest BCUT2D eigenvalue weighted by atomic mass is 10.2. The molecular weight excluding hydrogens is 299 g/mol. The van der Waals surface area contributed by atoms with Crippen molar-refractivity contribution in [2.45, 2.75) is 6.92 Å². The predicted molar refractivity (Wildman–Crippen MR) is 73.7 cm³/mol.